The Morgan fingerprint density at radius 3 is 2.53 bits per heavy atom. The molecule has 1 fully saturated rings. The van der Waals surface area contributed by atoms with Crippen LogP contribution in [0, 0.1) is 17.3 Å². The van der Waals surface area contributed by atoms with Gasteiger partial charge in [-0.05, 0) is 30.7 Å². The van der Waals surface area contributed by atoms with Gasteiger partial charge in [0.25, 0.3) is 0 Å². The zero-order valence-electron chi connectivity index (χ0n) is 13.6. The number of hydrogen-bond acceptors (Lipinski definition) is 2. The average Bonchev–Trinajstić information content (AvgIpc) is 2.36. The molecule has 3 unspecified atom stereocenters. The third-order valence-corrected chi connectivity index (χ3v) is 4.94. The lowest BCUT2D eigenvalue weighted by molar-refractivity contribution is -0.135. The number of amides is 1. The third kappa shape index (κ3) is 4.48. The van der Waals surface area contributed by atoms with Gasteiger partial charge < -0.3 is 10.2 Å². The molecular formula is C16H32N2O. The second kappa shape index (κ2) is 6.74. The number of carbonyl (C=O) groups is 1. The Balaban J connectivity index is 2.55. The molecule has 1 rings (SSSR count). The molecule has 1 saturated heterocycles. The standard InChI is InChI=1S/C16H32N2O/c1-7-13-11-18(9-8-14(13)17-6)15(19)10-12(2)16(3,4)5/h12-14,17H,7-11H2,1-6H3. The molecule has 0 bridgehead atoms. The molecule has 112 valence electrons. The van der Waals surface area contributed by atoms with Gasteiger partial charge in [-0.3, -0.25) is 4.79 Å². The summed E-state index contributed by atoms with van der Waals surface area (Å²) in [6.07, 6.45) is 2.92. The normalized spacial score (nSPS) is 26.3. The summed E-state index contributed by atoms with van der Waals surface area (Å²) in [5.74, 6) is 1.38. The summed E-state index contributed by atoms with van der Waals surface area (Å²) >= 11 is 0. The van der Waals surface area contributed by atoms with Gasteiger partial charge in [-0.1, -0.05) is 41.0 Å². The molecule has 0 aromatic carbocycles. The first-order valence-corrected chi connectivity index (χ1v) is 7.74. The second-order valence-electron chi connectivity index (χ2n) is 7.16. The summed E-state index contributed by atoms with van der Waals surface area (Å²) in [6.45, 7) is 12.9. The lowest BCUT2D eigenvalue weighted by atomic mass is 9.79. The minimum Gasteiger partial charge on any atom is -0.342 e. The molecule has 1 aliphatic heterocycles. The van der Waals surface area contributed by atoms with Gasteiger partial charge in [0.05, 0.1) is 0 Å². The van der Waals surface area contributed by atoms with Crippen molar-refractivity contribution >= 4 is 5.91 Å². The molecule has 1 amide bonds. The number of likely N-dealkylation sites (tertiary alicyclic amines) is 1. The van der Waals surface area contributed by atoms with E-state index < -0.39 is 0 Å². The van der Waals surface area contributed by atoms with Crippen molar-refractivity contribution in [3.05, 3.63) is 0 Å². The minimum absolute atomic E-state index is 0.211. The fraction of sp³-hybridized carbons (Fsp3) is 0.938. The molecule has 1 N–H and O–H groups in total. The van der Waals surface area contributed by atoms with Gasteiger partial charge in [-0.15, -0.1) is 0 Å². The third-order valence-electron chi connectivity index (χ3n) is 4.94. The van der Waals surface area contributed by atoms with E-state index in [9.17, 15) is 4.79 Å². The average molecular weight is 268 g/mol. The molecule has 0 radical (unpaired) electrons. The van der Waals surface area contributed by atoms with Crippen molar-refractivity contribution in [3.8, 4) is 0 Å². The molecular weight excluding hydrogens is 236 g/mol. The number of piperidine rings is 1. The lowest BCUT2D eigenvalue weighted by Crippen LogP contribution is -2.50. The predicted molar refractivity (Wildman–Crippen MR) is 81.1 cm³/mol. The summed E-state index contributed by atoms with van der Waals surface area (Å²) in [4.78, 5) is 14.5. The van der Waals surface area contributed by atoms with Gasteiger partial charge in [0.2, 0.25) is 5.91 Å². The van der Waals surface area contributed by atoms with Crippen LogP contribution in [0.3, 0.4) is 0 Å². The monoisotopic (exact) mass is 268 g/mol. The number of carbonyl (C=O) groups excluding carboxylic acids is 1. The van der Waals surface area contributed by atoms with E-state index in [1.54, 1.807) is 0 Å². The van der Waals surface area contributed by atoms with Gasteiger partial charge in [-0.2, -0.15) is 0 Å². The van der Waals surface area contributed by atoms with Crippen molar-refractivity contribution in [3.63, 3.8) is 0 Å². The Hall–Kier alpha value is -0.570. The maximum Gasteiger partial charge on any atom is 0.222 e. The van der Waals surface area contributed by atoms with Crippen LogP contribution < -0.4 is 5.32 Å². The molecule has 0 aliphatic carbocycles. The van der Waals surface area contributed by atoms with Crippen LogP contribution >= 0.6 is 0 Å². The molecule has 0 aromatic heterocycles. The predicted octanol–water partition coefficient (Wildman–Crippen LogP) is 2.91. The summed E-state index contributed by atoms with van der Waals surface area (Å²) in [7, 11) is 2.03. The van der Waals surface area contributed by atoms with Crippen molar-refractivity contribution < 1.29 is 4.79 Å². The highest BCUT2D eigenvalue weighted by atomic mass is 16.2. The highest BCUT2D eigenvalue weighted by Gasteiger charge is 2.31. The molecule has 0 spiro atoms. The van der Waals surface area contributed by atoms with Crippen molar-refractivity contribution in [1.82, 2.24) is 10.2 Å². The zero-order chi connectivity index (χ0) is 14.6. The van der Waals surface area contributed by atoms with E-state index in [2.05, 4.69) is 44.8 Å². The van der Waals surface area contributed by atoms with E-state index in [0.29, 0.717) is 30.2 Å². The Kier molecular flexibility index (Phi) is 5.84. The van der Waals surface area contributed by atoms with Crippen LogP contribution in [0.15, 0.2) is 0 Å². The molecule has 3 heteroatoms. The van der Waals surface area contributed by atoms with Crippen LogP contribution in [0.25, 0.3) is 0 Å². The summed E-state index contributed by atoms with van der Waals surface area (Å²) < 4.78 is 0. The maximum absolute atomic E-state index is 12.4. The Morgan fingerprint density at radius 2 is 2.05 bits per heavy atom. The fourth-order valence-electron chi connectivity index (χ4n) is 2.75. The van der Waals surface area contributed by atoms with E-state index in [1.807, 2.05) is 7.05 Å². The van der Waals surface area contributed by atoms with Crippen LogP contribution in [0.1, 0.15) is 53.9 Å². The van der Waals surface area contributed by atoms with Crippen LogP contribution in [0.4, 0.5) is 0 Å². The number of hydrogen-bond donors (Lipinski definition) is 1. The van der Waals surface area contributed by atoms with Crippen LogP contribution in [-0.2, 0) is 4.79 Å². The van der Waals surface area contributed by atoms with Gasteiger partial charge in [0.1, 0.15) is 0 Å². The van der Waals surface area contributed by atoms with E-state index in [1.165, 1.54) is 0 Å². The first-order chi connectivity index (χ1) is 8.79. The zero-order valence-corrected chi connectivity index (χ0v) is 13.6. The minimum atomic E-state index is 0.211. The SMILES string of the molecule is CCC1CN(C(=O)CC(C)C(C)(C)C)CCC1NC. The van der Waals surface area contributed by atoms with Crippen molar-refractivity contribution in [1.29, 1.82) is 0 Å². The molecule has 3 atom stereocenters. The van der Waals surface area contributed by atoms with Crippen molar-refractivity contribution in [2.75, 3.05) is 20.1 Å². The molecule has 1 aliphatic rings. The Morgan fingerprint density at radius 1 is 1.42 bits per heavy atom. The molecule has 3 nitrogen and oxygen atoms in total. The van der Waals surface area contributed by atoms with Crippen LogP contribution in [0.2, 0.25) is 0 Å². The molecule has 0 aromatic rings. The van der Waals surface area contributed by atoms with Crippen LogP contribution in [-0.4, -0.2) is 37.0 Å². The van der Waals surface area contributed by atoms with E-state index in [0.717, 1.165) is 25.9 Å². The Labute approximate surface area is 119 Å². The molecule has 1 heterocycles. The quantitative estimate of drug-likeness (QED) is 0.850. The highest BCUT2D eigenvalue weighted by molar-refractivity contribution is 5.76. The van der Waals surface area contributed by atoms with E-state index in [-0.39, 0.29) is 5.41 Å². The van der Waals surface area contributed by atoms with E-state index >= 15 is 0 Å². The number of nitrogens with zero attached hydrogens (tertiary/aromatic N) is 1. The first-order valence-electron chi connectivity index (χ1n) is 7.74. The largest absolute Gasteiger partial charge is 0.342 e. The van der Waals surface area contributed by atoms with Crippen molar-refractivity contribution in [2.24, 2.45) is 17.3 Å². The highest BCUT2D eigenvalue weighted by Crippen LogP contribution is 2.29. The van der Waals surface area contributed by atoms with Gasteiger partial charge in [0.15, 0.2) is 0 Å². The second-order valence-corrected chi connectivity index (χ2v) is 7.16. The number of nitrogens with one attached hydrogen (secondary N) is 1. The number of rotatable bonds is 4. The Bertz CT molecular complexity index is 296. The van der Waals surface area contributed by atoms with Gasteiger partial charge in [0, 0.05) is 25.6 Å². The van der Waals surface area contributed by atoms with Gasteiger partial charge >= 0.3 is 0 Å². The van der Waals surface area contributed by atoms with E-state index in [4.69, 9.17) is 0 Å². The molecule has 0 saturated carbocycles. The topological polar surface area (TPSA) is 32.3 Å². The van der Waals surface area contributed by atoms with Crippen LogP contribution in [0.5, 0.6) is 0 Å². The molecule has 19 heavy (non-hydrogen) atoms. The van der Waals surface area contributed by atoms with Gasteiger partial charge in [-0.25, -0.2) is 0 Å². The fourth-order valence-corrected chi connectivity index (χ4v) is 2.75. The lowest BCUT2D eigenvalue weighted by Gasteiger charge is -2.39. The first kappa shape index (κ1) is 16.5. The van der Waals surface area contributed by atoms with Crippen molar-refractivity contribution in [2.45, 2.75) is 59.9 Å². The maximum atomic E-state index is 12.4. The smallest absolute Gasteiger partial charge is 0.222 e. The summed E-state index contributed by atoms with van der Waals surface area (Å²) in [5, 5.41) is 3.39. The summed E-state index contributed by atoms with van der Waals surface area (Å²) in [6, 6.07) is 0.578. The summed E-state index contributed by atoms with van der Waals surface area (Å²) in [5.41, 5.74) is 0.211.